The van der Waals surface area contributed by atoms with E-state index < -0.39 is 7.60 Å². The van der Waals surface area contributed by atoms with Crippen LogP contribution in [0.15, 0.2) is 72.8 Å². The van der Waals surface area contributed by atoms with Crippen molar-refractivity contribution in [2.75, 3.05) is 20.8 Å². The lowest BCUT2D eigenvalue weighted by atomic mass is 10.0. The summed E-state index contributed by atoms with van der Waals surface area (Å²) in [6.07, 6.45) is 4.75. The van der Waals surface area contributed by atoms with Gasteiger partial charge in [-0.15, -0.1) is 0 Å². The molecule has 0 aliphatic heterocycles. The van der Waals surface area contributed by atoms with Gasteiger partial charge in [-0.2, -0.15) is 0 Å². The highest BCUT2D eigenvalue weighted by molar-refractivity contribution is 7.52. The monoisotopic (exact) mass is 467 g/mol. The third-order valence-corrected chi connectivity index (χ3v) is 7.12. The average molecular weight is 468 g/mol. The fourth-order valence-electron chi connectivity index (χ4n) is 3.56. The second-order valence-corrected chi connectivity index (χ2v) is 9.73. The van der Waals surface area contributed by atoms with Crippen molar-refractivity contribution in [3.05, 3.63) is 84.1 Å². The summed E-state index contributed by atoms with van der Waals surface area (Å²) in [4.78, 5) is 14.9. The first-order valence-corrected chi connectivity index (χ1v) is 12.6. The Balaban J connectivity index is 1.85. The number of aromatic amines is 1. The summed E-state index contributed by atoms with van der Waals surface area (Å²) in [7, 11) is -0.452. The van der Waals surface area contributed by atoms with Gasteiger partial charge < -0.3 is 18.8 Å². The first-order chi connectivity index (χ1) is 16.0. The van der Waals surface area contributed by atoms with Gasteiger partial charge in [-0.05, 0) is 48.1 Å². The standard InChI is InChI=1S/C26H30NO5P/c1-4-32-25(28)13-9-8-12-24-18-23(19-33(29,30-2)31-3)26(27-24)22-16-14-21(15-17-22)20-10-6-5-7-11-20/h5-7,9-11,13-18,27H,4,8,12,19H2,1-3H3. The number of benzene rings is 2. The predicted octanol–water partition coefficient (Wildman–Crippen LogP) is 6.39. The zero-order valence-corrected chi connectivity index (χ0v) is 20.1. The normalized spacial score (nSPS) is 11.7. The maximum Gasteiger partial charge on any atom is 0.334 e. The number of allylic oxidation sites excluding steroid dienone is 1. The van der Waals surface area contributed by atoms with Crippen molar-refractivity contribution in [3.63, 3.8) is 0 Å². The number of ether oxygens (including phenoxy) is 1. The third kappa shape index (κ3) is 6.78. The van der Waals surface area contributed by atoms with Crippen LogP contribution in [0, 0.1) is 0 Å². The molecule has 0 atom stereocenters. The Morgan fingerprint density at radius 2 is 1.61 bits per heavy atom. The molecule has 0 fully saturated rings. The number of aryl methyl sites for hydroxylation is 1. The molecule has 1 heterocycles. The maximum atomic E-state index is 12.8. The molecule has 174 valence electrons. The van der Waals surface area contributed by atoms with Gasteiger partial charge in [-0.25, -0.2) is 4.79 Å². The second kappa shape index (κ2) is 11.8. The molecule has 6 nitrogen and oxygen atoms in total. The molecule has 0 spiro atoms. The summed E-state index contributed by atoms with van der Waals surface area (Å²) < 4.78 is 28.1. The summed E-state index contributed by atoms with van der Waals surface area (Å²) in [5.41, 5.74) is 5.97. The van der Waals surface area contributed by atoms with Gasteiger partial charge in [0.05, 0.1) is 12.8 Å². The fourth-order valence-corrected chi connectivity index (χ4v) is 4.63. The summed E-state index contributed by atoms with van der Waals surface area (Å²) in [6.45, 7) is 2.13. The molecule has 0 saturated carbocycles. The van der Waals surface area contributed by atoms with Gasteiger partial charge in [0.1, 0.15) is 0 Å². The Morgan fingerprint density at radius 1 is 0.970 bits per heavy atom. The summed E-state index contributed by atoms with van der Waals surface area (Å²) >= 11 is 0. The van der Waals surface area contributed by atoms with Gasteiger partial charge >= 0.3 is 13.6 Å². The van der Waals surface area contributed by atoms with Crippen LogP contribution in [0.3, 0.4) is 0 Å². The van der Waals surface area contributed by atoms with Crippen LogP contribution in [0.4, 0.5) is 0 Å². The maximum absolute atomic E-state index is 12.8. The van der Waals surface area contributed by atoms with Crippen molar-refractivity contribution in [1.82, 2.24) is 4.98 Å². The van der Waals surface area contributed by atoms with Crippen LogP contribution in [0.25, 0.3) is 22.4 Å². The van der Waals surface area contributed by atoms with E-state index in [0.29, 0.717) is 19.4 Å². The van der Waals surface area contributed by atoms with Crippen molar-refractivity contribution in [2.45, 2.75) is 25.9 Å². The SMILES string of the molecule is CCOC(=O)C=CCCc1cc(CP(=O)(OC)OC)c(-c2ccc(-c3ccccc3)cc2)[nH]1. The molecule has 1 N–H and O–H groups in total. The first-order valence-electron chi connectivity index (χ1n) is 10.9. The molecule has 0 aliphatic rings. The topological polar surface area (TPSA) is 77.6 Å². The van der Waals surface area contributed by atoms with E-state index in [1.165, 1.54) is 20.3 Å². The van der Waals surface area contributed by atoms with Crippen molar-refractivity contribution in [3.8, 4) is 22.4 Å². The second-order valence-electron chi connectivity index (χ2n) is 7.47. The highest BCUT2D eigenvalue weighted by Gasteiger charge is 2.25. The highest BCUT2D eigenvalue weighted by atomic mass is 31.2. The van der Waals surface area contributed by atoms with E-state index in [0.717, 1.165) is 33.6 Å². The van der Waals surface area contributed by atoms with Gasteiger partial charge in [0, 0.05) is 31.7 Å². The smallest absolute Gasteiger partial charge is 0.334 e. The van der Waals surface area contributed by atoms with Gasteiger partial charge in [0.15, 0.2) is 0 Å². The first kappa shape index (κ1) is 24.7. The number of H-pyrrole nitrogens is 1. The van der Waals surface area contributed by atoms with E-state index in [4.69, 9.17) is 13.8 Å². The van der Waals surface area contributed by atoms with E-state index >= 15 is 0 Å². The highest BCUT2D eigenvalue weighted by Crippen LogP contribution is 2.51. The van der Waals surface area contributed by atoms with Crippen LogP contribution < -0.4 is 0 Å². The Bertz CT molecular complexity index is 1110. The lowest BCUT2D eigenvalue weighted by Gasteiger charge is -2.14. The zero-order chi connectivity index (χ0) is 23.7. The molecule has 0 bridgehead atoms. The van der Waals surface area contributed by atoms with Crippen molar-refractivity contribution < 1.29 is 23.1 Å². The summed E-state index contributed by atoms with van der Waals surface area (Å²) in [6, 6.07) is 20.4. The van der Waals surface area contributed by atoms with Gasteiger partial charge in [-0.1, -0.05) is 60.7 Å². The summed E-state index contributed by atoms with van der Waals surface area (Å²) in [5.74, 6) is -0.343. The Kier molecular flexibility index (Phi) is 8.84. The van der Waals surface area contributed by atoms with Crippen LogP contribution in [-0.2, 0) is 35.7 Å². The Hall–Kier alpha value is -2.92. The van der Waals surface area contributed by atoms with E-state index in [-0.39, 0.29) is 12.1 Å². The Morgan fingerprint density at radius 3 is 2.24 bits per heavy atom. The molecule has 0 radical (unpaired) electrons. The van der Waals surface area contributed by atoms with E-state index in [1.807, 2.05) is 36.4 Å². The van der Waals surface area contributed by atoms with Crippen LogP contribution in [0.1, 0.15) is 24.6 Å². The van der Waals surface area contributed by atoms with Crippen molar-refractivity contribution in [2.24, 2.45) is 0 Å². The van der Waals surface area contributed by atoms with Crippen molar-refractivity contribution in [1.29, 1.82) is 0 Å². The molecule has 33 heavy (non-hydrogen) atoms. The minimum absolute atomic E-state index is 0.158. The van der Waals surface area contributed by atoms with Crippen LogP contribution in [0.2, 0.25) is 0 Å². The van der Waals surface area contributed by atoms with E-state index in [9.17, 15) is 9.36 Å². The molecule has 3 aromatic rings. The molecule has 7 heteroatoms. The van der Waals surface area contributed by atoms with E-state index in [1.54, 1.807) is 13.0 Å². The Labute approximate surface area is 195 Å². The number of aromatic nitrogens is 1. The quantitative estimate of drug-likeness (QED) is 0.201. The molecule has 1 aromatic heterocycles. The molecule has 0 saturated heterocycles. The van der Waals surface area contributed by atoms with Crippen LogP contribution in [0.5, 0.6) is 0 Å². The largest absolute Gasteiger partial charge is 0.463 e. The molecular weight excluding hydrogens is 437 g/mol. The number of carbonyl (C=O) groups is 1. The number of hydrogen-bond acceptors (Lipinski definition) is 5. The average Bonchev–Trinajstić information content (AvgIpc) is 3.24. The lowest BCUT2D eigenvalue weighted by Crippen LogP contribution is -1.98. The zero-order valence-electron chi connectivity index (χ0n) is 19.2. The van der Waals surface area contributed by atoms with E-state index in [2.05, 4.69) is 29.2 Å². The lowest BCUT2D eigenvalue weighted by molar-refractivity contribution is -0.137. The summed E-state index contributed by atoms with van der Waals surface area (Å²) in [5, 5.41) is 0. The van der Waals surface area contributed by atoms with Crippen LogP contribution in [-0.4, -0.2) is 31.8 Å². The molecule has 0 unspecified atom stereocenters. The predicted molar refractivity (Wildman–Crippen MR) is 131 cm³/mol. The number of hydrogen-bond donors (Lipinski definition) is 1. The van der Waals surface area contributed by atoms with Crippen molar-refractivity contribution >= 4 is 13.6 Å². The molecule has 0 aliphatic carbocycles. The van der Waals surface area contributed by atoms with Gasteiger partial charge in [-0.3, -0.25) is 4.57 Å². The molecule has 0 amide bonds. The number of rotatable bonds is 11. The minimum Gasteiger partial charge on any atom is -0.463 e. The van der Waals surface area contributed by atoms with Gasteiger partial charge in [0.2, 0.25) is 0 Å². The molecular formula is C26H30NO5P. The number of carbonyl (C=O) groups excluding carboxylic acids is 1. The van der Waals surface area contributed by atoms with Crippen LogP contribution >= 0.6 is 7.60 Å². The fraction of sp³-hybridized carbons (Fsp3) is 0.269. The third-order valence-electron chi connectivity index (χ3n) is 5.28. The minimum atomic E-state index is -3.24. The molecule has 3 rings (SSSR count). The number of nitrogens with one attached hydrogen (secondary N) is 1. The van der Waals surface area contributed by atoms with Gasteiger partial charge in [0.25, 0.3) is 0 Å². The number of esters is 1. The molecule has 2 aromatic carbocycles.